The Morgan fingerprint density at radius 1 is 0.437 bits per heavy atom. The Morgan fingerprint density at radius 2 is 0.831 bits per heavy atom. The Morgan fingerprint density at radius 3 is 1.25 bits per heavy atom. The molecule has 8 aromatic carbocycles. The van der Waals surface area contributed by atoms with Crippen LogP contribution in [0.1, 0.15) is 5.56 Å². The van der Waals surface area contributed by atoms with E-state index in [4.69, 9.17) is 16.5 Å². The number of aromatic nitrogens is 4. The van der Waals surface area contributed by atoms with E-state index in [-0.39, 0.29) is 0 Å². The fourth-order valence-electron chi connectivity index (χ4n) is 10.1. The van der Waals surface area contributed by atoms with Gasteiger partial charge in [0.2, 0.25) is 0 Å². The summed E-state index contributed by atoms with van der Waals surface area (Å²) in [7, 11) is -2.44. The standard InChI is InChI=1S/C62H44N8Si/c1-64-44-24-28-48(29-25-44)68(50-31-35-60-56(39-50)54-19-11-13-21-58(54)70(60)46-16-8-5-9-17-46)52-33-37-62(66-42-52)71(2,3)61-36-32-51(41-65-61)67(47-26-22-43(40-63)23-27-47)49-30-34-59-55(38-49)53-18-10-12-20-57(53)69(59)45-14-6-4-7-15-45/h4-39,41-42H,2-3H3. The minimum absolute atomic E-state index is 0.586. The third kappa shape index (κ3) is 7.46. The molecule has 4 aromatic heterocycles. The van der Waals surface area contributed by atoms with Crippen LogP contribution in [0.3, 0.4) is 0 Å². The van der Waals surface area contributed by atoms with Crippen LogP contribution in [0.2, 0.25) is 13.1 Å². The molecule has 4 heterocycles. The summed E-state index contributed by atoms with van der Waals surface area (Å²) in [4.78, 5) is 18.5. The fraction of sp³-hybridized carbons (Fsp3) is 0.0323. The first-order valence-corrected chi connectivity index (χ1v) is 26.6. The summed E-state index contributed by atoms with van der Waals surface area (Å²) >= 11 is 0. The average molecular weight is 929 g/mol. The van der Waals surface area contributed by atoms with Gasteiger partial charge in [0.15, 0.2) is 13.8 Å². The number of hydrogen-bond donors (Lipinski definition) is 0. The zero-order valence-electron chi connectivity index (χ0n) is 39.0. The second-order valence-electron chi connectivity index (χ2n) is 18.2. The van der Waals surface area contributed by atoms with Gasteiger partial charge in [0.25, 0.3) is 0 Å². The molecule has 0 aliphatic carbocycles. The molecule has 0 atom stereocenters. The zero-order chi connectivity index (χ0) is 48.1. The van der Waals surface area contributed by atoms with Crippen LogP contribution in [0.5, 0.6) is 0 Å². The third-order valence-electron chi connectivity index (χ3n) is 13.6. The van der Waals surface area contributed by atoms with Gasteiger partial charge in [-0.15, -0.1) is 0 Å². The minimum Gasteiger partial charge on any atom is -0.309 e. The van der Waals surface area contributed by atoms with Crippen molar-refractivity contribution in [3.8, 4) is 17.4 Å². The molecule has 0 spiro atoms. The second-order valence-corrected chi connectivity index (χ2v) is 22.4. The van der Waals surface area contributed by atoms with Gasteiger partial charge in [0, 0.05) is 66.3 Å². The first-order valence-electron chi connectivity index (χ1n) is 23.6. The molecule has 0 bridgehead atoms. The summed E-state index contributed by atoms with van der Waals surface area (Å²) in [6, 6.07) is 77.7. The van der Waals surface area contributed by atoms with Crippen molar-refractivity contribution in [2.45, 2.75) is 13.1 Å². The molecular weight excluding hydrogens is 885 g/mol. The predicted octanol–water partition coefficient (Wildman–Crippen LogP) is 14.9. The van der Waals surface area contributed by atoms with Gasteiger partial charge in [0.1, 0.15) is 0 Å². The summed E-state index contributed by atoms with van der Waals surface area (Å²) < 4.78 is 4.64. The molecule has 0 saturated heterocycles. The van der Waals surface area contributed by atoms with E-state index in [1.165, 1.54) is 10.8 Å². The third-order valence-corrected chi connectivity index (χ3v) is 16.8. The van der Waals surface area contributed by atoms with E-state index in [1.807, 2.05) is 73.1 Å². The minimum atomic E-state index is -2.44. The van der Waals surface area contributed by atoms with Crippen molar-refractivity contribution in [3.05, 3.63) is 248 Å². The molecule has 0 saturated carbocycles. The number of anilines is 6. The molecule has 0 amide bonds. The van der Waals surface area contributed by atoms with Gasteiger partial charge in [-0.25, -0.2) is 4.85 Å². The number of para-hydroxylation sites is 4. The second kappa shape index (κ2) is 17.5. The van der Waals surface area contributed by atoms with Crippen LogP contribution in [0, 0.1) is 17.9 Å². The maximum absolute atomic E-state index is 9.69. The number of fused-ring (bicyclic) bond motifs is 6. The zero-order valence-corrected chi connectivity index (χ0v) is 40.0. The summed E-state index contributed by atoms with van der Waals surface area (Å²) in [6.45, 7) is 12.2. The van der Waals surface area contributed by atoms with Crippen LogP contribution < -0.4 is 20.4 Å². The van der Waals surface area contributed by atoms with E-state index in [1.54, 1.807) is 0 Å². The number of hydrogen-bond acceptors (Lipinski definition) is 5. The maximum atomic E-state index is 9.69. The summed E-state index contributed by atoms with van der Waals surface area (Å²) in [6.07, 6.45) is 3.93. The molecule has 0 aliphatic rings. The Balaban J connectivity index is 0.904. The van der Waals surface area contributed by atoms with Gasteiger partial charge in [-0.2, -0.15) is 5.26 Å². The molecule has 71 heavy (non-hydrogen) atoms. The van der Waals surface area contributed by atoms with Crippen molar-refractivity contribution in [2.24, 2.45) is 0 Å². The van der Waals surface area contributed by atoms with Crippen molar-refractivity contribution < 1.29 is 0 Å². The first kappa shape index (κ1) is 42.8. The van der Waals surface area contributed by atoms with Gasteiger partial charge < -0.3 is 18.9 Å². The van der Waals surface area contributed by atoms with Crippen LogP contribution in [-0.4, -0.2) is 27.2 Å². The predicted molar refractivity (Wildman–Crippen MR) is 294 cm³/mol. The van der Waals surface area contributed by atoms with Gasteiger partial charge in [-0.05, 0) is 133 Å². The largest absolute Gasteiger partial charge is 0.309 e. The SMILES string of the molecule is [C-]#[N+]c1ccc(N(c2ccc([Si](C)(C)c3ccc(N(c4ccc(C#N)cc4)c4ccc5c(c4)c4ccccc4n5-c4ccccc4)cn3)nc2)c2ccc3c(c2)c2ccccc2n3-c2ccccc2)cc1. The quantitative estimate of drug-likeness (QED) is 0.101. The topological polar surface area (TPSA) is 70.3 Å². The van der Waals surface area contributed by atoms with Crippen LogP contribution in [0.25, 0.3) is 59.8 Å². The van der Waals surface area contributed by atoms with E-state index >= 15 is 0 Å². The fourth-order valence-corrected chi connectivity index (χ4v) is 12.1. The lowest BCUT2D eigenvalue weighted by atomic mass is 10.1. The smallest absolute Gasteiger partial charge is 0.187 e. The Labute approximate surface area is 412 Å². The number of pyridine rings is 2. The van der Waals surface area contributed by atoms with E-state index in [9.17, 15) is 5.26 Å². The van der Waals surface area contributed by atoms with Gasteiger partial charge in [0.05, 0.1) is 64.0 Å². The van der Waals surface area contributed by atoms with Crippen molar-refractivity contribution in [3.63, 3.8) is 0 Å². The molecule has 12 rings (SSSR count). The number of benzene rings is 8. The van der Waals surface area contributed by atoms with Crippen LogP contribution in [0.15, 0.2) is 231 Å². The van der Waals surface area contributed by atoms with Crippen LogP contribution in [-0.2, 0) is 0 Å². The molecular formula is C62H44N8Si. The van der Waals surface area contributed by atoms with Crippen molar-refractivity contribution in [2.75, 3.05) is 9.80 Å². The van der Waals surface area contributed by atoms with Gasteiger partial charge >= 0.3 is 0 Å². The van der Waals surface area contributed by atoms with E-state index < -0.39 is 8.07 Å². The highest BCUT2D eigenvalue weighted by molar-refractivity contribution is 6.99. The monoisotopic (exact) mass is 928 g/mol. The Kier molecular flexibility index (Phi) is 10.6. The first-order chi connectivity index (χ1) is 34.9. The molecule has 0 fully saturated rings. The van der Waals surface area contributed by atoms with Crippen molar-refractivity contribution in [1.29, 1.82) is 5.26 Å². The molecule has 336 valence electrons. The highest BCUT2D eigenvalue weighted by Crippen LogP contribution is 2.42. The normalized spacial score (nSPS) is 11.5. The Hall–Kier alpha value is -9.54. The lowest BCUT2D eigenvalue weighted by Gasteiger charge is -2.28. The molecule has 9 heteroatoms. The number of rotatable bonds is 10. The van der Waals surface area contributed by atoms with Crippen molar-refractivity contribution >= 4 is 102 Å². The molecule has 0 aliphatic heterocycles. The summed E-state index contributed by atoms with van der Waals surface area (Å²) in [5.74, 6) is 0. The van der Waals surface area contributed by atoms with Gasteiger partial charge in [-0.3, -0.25) is 9.97 Å². The Bertz CT molecular complexity index is 3750. The van der Waals surface area contributed by atoms with E-state index in [0.29, 0.717) is 11.3 Å². The highest BCUT2D eigenvalue weighted by atomic mass is 28.3. The molecule has 0 unspecified atom stereocenters. The lowest BCUT2D eigenvalue weighted by Crippen LogP contribution is -2.55. The average Bonchev–Trinajstić information content (AvgIpc) is 3.94. The van der Waals surface area contributed by atoms with E-state index in [0.717, 1.165) is 89.0 Å². The number of nitriles is 1. The summed E-state index contributed by atoms with van der Waals surface area (Å²) in [5, 5.41) is 16.3. The highest BCUT2D eigenvalue weighted by Gasteiger charge is 2.30. The summed E-state index contributed by atoms with van der Waals surface area (Å²) in [5.41, 5.74) is 13.6. The van der Waals surface area contributed by atoms with Crippen molar-refractivity contribution in [1.82, 2.24) is 19.1 Å². The maximum Gasteiger partial charge on any atom is 0.187 e. The number of nitrogens with zero attached hydrogens (tertiary/aromatic N) is 8. The molecule has 8 nitrogen and oxygen atoms in total. The lowest BCUT2D eigenvalue weighted by molar-refractivity contribution is 1.18. The molecule has 0 radical (unpaired) electrons. The van der Waals surface area contributed by atoms with E-state index in [2.05, 4.69) is 201 Å². The van der Waals surface area contributed by atoms with Crippen LogP contribution in [0.4, 0.5) is 39.8 Å². The molecule has 12 aromatic rings. The van der Waals surface area contributed by atoms with Gasteiger partial charge in [-0.1, -0.05) is 98.0 Å². The van der Waals surface area contributed by atoms with Crippen LogP contribution >= 0.6 is 0 Å². The molecule has 0 N–H and O–H groups in total.